The number of ether oxygens (including phenoxy) is 2. The summed E-state index contributed by atoms with van der Waals surface area (Å²) in [5.41, 5.74) is 8.07. The average molecular weight is 575 g/mol. The number of aromatic nitrogens is 3. The molecule has 5 aromatic rings. The molecule has 0 bridgehead atoms. The summed E-state index contributed by atoms with van der Waals surface area (Å²) < 4.78 is 45.7. The van der Waals surface area contributed by atoms with Crippen LogP contribution < -0.4 is 25.2 Å². The second kappa shape index (κ2) is 11.1. The van der Waals surface area contributed by atoms with E-state index in [2.05, 4.69) is 25.2 Å². The van der Waals surface area contributed by atoms with Crippen LogP contribution in [0.25, 0.3) is 11.0 Å². The van der Waals surface area contributed by atoms with Gasteiger partial charge < -0.3 is 25.0 Å². The molecule has 1 amide bonds. The topological polar surface area (TPSA) is 172 Å². The summed E-state index contributed by atoms with van der Waals surface area (Å²) in [6.07, 6.45) is 0. The van der Waals surface area contributed by atoms with Crippen molar-refractivity contribution in [2.75, 3.05) is 24.3 Å². The van der Waals surface area contributed by atoms with Gasteiger partial charge in [-0.2, -0.15) is 0 Å². The van der Waals surface area contributed by atoms with Crippen LogP contribution in [0.15, 0.2) is 82.2 Å². The highest BCUT2D eigenvalue weighted by Gasteiger charge is 2.27. The fraction of sp³-hybridized carbons (Fsp3) is 0.143. The maximum atomic E-state index is 13.6. The number of benzene rings is 3. The zero-order valence-corrected chi connectivity index (χ0v) is 23.1. The van der Waals surface area contributed by atoms with Gasteiger partial charge in [-0.3, -0.25) is 9.52 Å². The molecule has 0 aliphatic rings. The molecule has 0 aliphatic heterocycles. The second-order valence-corrected chi connectivity index (χ2v) is 10.7. The lowest BCUT2D eigenvalue weighted by Gasteiger charge is -2.16. The van der Waals surface area contributed by atoms with E-state index in [-0.39, 0.29) is 22.3 Å². The molecule has 3 aromatic carbocycles. The van der Waals surface area contributed by atoms with Gasteiger partial charge in [0.15, 0.2) is 17.4 Å². The molecule has 0 spiro atoms. The zero-order valence-electron chi connectivity index (χ0n) is 22.3. The first-order chi connectivity index (χ1) is 19.7. The van der Waals surface area contributed by atoms with Crippen molar-refractivity contribution in [1.29, 1.82) is 0 Å². The number of para-hydroxylation sites is 2. The minimum absolute atomic E-state index is 0.0480. The van der Waals surface area contributed by atoms with Crippen LogP contribution in [-0.4, -0.2) is 43.7 Å². The number of amides is 1. The Balaban J connectivity index is 1.54. The van der Waals surface area contributed by atoms with E-state index in [1.165, 1.54) is 32.4 Å². The number of methoxy groups -OCH3 is 2. The first-order valence-corrected chi connectivity index (χ1v) is 13.8. The summed E-state index contributed by atoms with van der Waals surface area (Å²) in [6, 6.07) is 19.6. The van der Waals surface area contributed by atoms with Gasteiger partial charge in [0.25, 0.3) is 10.0 Å². The number of carbonyl (C=O) groups excluding carboxylic acids is 1. The lowest BCUT2D eigenvalue weighted by molar-refractivity contribution is -0.118. The fourth-order valence-electron chi connectivity index (χ4n) is 4.21. The van der Waals surface area contributed by atoms with Crippen molar-refractivity contribution in [2.24, 2.45) is 5.73 Å². The molecule has 2 heterocycles. The molecule has 4 N–H and O–H groups in total. The lowest BCUT2D eigenvalue weighted by atomic mass is 9.96. The second-order valence-electron chi connectivity index (χ2n) is 9.02. The number of rotatable bonds is 10. The van der Waals surface area contributed by atoms with Crippen molar-refractivity contribution in [1.82, 2.24) is 15.1 Å². The molecule has 2 aromatic heterocycles. The minimum atomic E-state index is -4.22. The number of fused-ring (bicyclic) bond motifs is 1. The Kier molecular flexibility index (Phi) is 7.44. The number of primary amides is 1. The van der Waals surface area contributed by atoms with Crippen molar-refractivity contribution >= 4 is 44.3 Å². The Hall–Kier alpha value is -5.17. The van der Waals surface area contributed by atoms with Crippen LogP contribution in [0, 0.1) is 6.92 Å². The molecule has 0 saturated heterocycles. The molecule has 0 saturated carbocycles. The Morgan fingerprint density at radius 3 is 2.15 bits per heavy atom. The SMILES string of the molecule is COc1cc(Nc2nc3ccccc3nc2NS(=O)(=O)c2cccc(C(C(N)=O)c3cc(C)no3)c2)cc(OC)c1. The number of aryl methyl sites for hydroxylation is 1. The normalized spacial score (nSPS) is 12.1. The molecule has 12 nitrogen and oxygen atoms in total. The Morgan fingerprint density at radius 2 is 1.56 bits per heavy atom. The molecule has 1 atom stereocenters. The summed E-state index contributed by atoms with van der Waals surface area (Å²) in [7, 11) is -1.18. The van der Waals surface area contributed by atoms with E-state index < -0.39 is 21.8 Å². The highest BCUT2D eigenvalue weighted by Crippen LogP contribution is 2.32. The van der Waals surface area contributed by atoms with E-state index in [0.717, 1.165) is 0 Å². The molecule has 1 unspecified atom stereocenters. The smallest absolute Gasteiger partial charge is 0.263 e. The van der Waals surface area contributed by atoms with Crippen molar-refractivity contribution in [3.8, 4) is 11.5 Å². The van der Waals surface area contributed by atoms with Gasteiger partial charge in [-0.15, -0.1) is 0 Å². The third kappa shape index (κ3) is 5.89. The van der Waals surface area contributed by atoms with Gasteiger partial charge in [-0.25, -0.2) is 18.4 Å². The predicted octanol–water partition coefficient (Wildman–Crippen LogP) is 4.11. The number of hydrogen-bond acceptors (Lipinski definition) is 10. The van der Waals surface area contributed by atoms with Crippen LogP contribution in [-0.2, 0) is 14.8 Å². The molecule has 5 rings (SSSR count). The molecule has 0 fully saturated rings. The van der Waals surface area contributed by atoms with Crippen molar-refractivity contribution in [2.45, 2.75) is 17.7 Å². The number of nitrogens with two attached hydrogens (primary N) is 1. The van der Waals surface area contributed by atoms with Crippen LogP contribution in [0.3, 0.4) is 0 Å². The van der Waals surface area contributed by atoms with Gasteiger partial charge in [0.1, 0.15) is 17.4 Å². The number of hydrogen-bond donors (Lipinski definition) is 3. The number of nitrogens with one attached hydrogen (secondary N) is 2. The van der Waals surface area contributed by atoms with Gasteiger partial charge in [0.05, 0.1) is 35.8 Å². The number of nitrogens with zero attached hydrogens (tertiary/aromatic N) is 3. The summed E-state index contributed by atoms with van der Waals surface area (Å²) >= 11 is 0. The highest BCUT2D eigenvalue weighted by atomic mass is 32.2. The number of anilines is 3. The quantitative estimate of drug-likeness (QED) is 0.220. The van der Waals surface area contributed by atoms with Gasteiger partial charge in [-0.1, -0.05) is 29.4 Å². The Labute approximate surface area is 235 Å². The van der Waals surface area contributed by atoms with E-state index >= 15 is 0 Å². The van der Waals surface area contributed by atoms with Crippen molar-refractivity contribution < 1.29 is 27.2 Å². The molecule has 0 radical (unpaired) electrons. The van der Waals surface area contributed by atoms with E-state index in [0.29, 0.717) is 39.5 Å². The lowest BCUT2D eigenvalue weighted by Crippen LogP contribution is -2.23. The first-order valence-electron chi connectivity index (χ1n) is 12.3. The fourth-order valence-corrected chi connectivity index (χ4v) is 5.27. The molecule has 0 aliphatic carbocycles. The van der Waals surface area contributed by atoms with E-state index in [9.17, 15) is 13.2 Å². The predicted molar refractivity (Wildman–Crippen MR) is 152 cm³/mol. The molecule has 13 heteroatoms. The van der Waals surface area contributed by atoms with Crippen LogP contribution in [0.1, 0.15) is 22.9 Å². The Bertz CT molecular complexity index is 1830. The van der Waals surface area contributed by atoms with E-state index in [1.807, 2.05) is 0 Å². The van der Waals surface area contributed by atoms with Crippen LogP contribution in [0.2, 0.25) is 0 Å². The average Bonchev–Trinajstić information content (AvgIpc) is 3.38. The van der Waals surface area contributed by atoms with Gasteiger partial charge in [-0.05, 0) is 36.8 Å². The zero-order chi connectivity index (χ0) is 29.1. The third-order valence-corrected chi connectivity index (χ3v) is 7.47. The maximum Gasteiger partial charge on any atom is 0.263 e. The minimum Gasteiger partial charge on any atom is -0.497 e. The molecular weight excluding hydrogens is 548 g/mol. The molecule has 210 valence electrons. The van der Waals surface area contributed by atoms with Gasteiger partial charge in [0.2, 0.25) is 5.91 Å². The Morgan fingerprint density at radius 1 is 0.902 bits per heavy atom. The van der Waals surface area contributed by atoms with Crippen LogP contribution >= 0.6 is 0 Å². The van der Waals surface area contributed by atoms with Crippen LogP contribution in [0.4, 0.5) is 17.3 Å². The van der Waals surface area contributed by atoms with E-state index in [1.54, 1.807) is 61.5 Å². The van der Waals surface area contributed by atoms with Crippen molar-refractivity contribution in [3.63, 3.8) is 0 Å². The summed E-state index contributed by atoms with van der Waals surface area (Å²) in [5.74, 6) is -0.412. The van der Waals surface area contributed by atoms with Crippen LogP contribution in [0.5, 0.6) is 11.5 Å². The largest absolute Gasteiger partial charge is 0.497 e. The summed E-state index contributed by atoms with van der Waals surface area (Å²) in [4.78, 5) is 21.3. The molecular formula is C28H26N6O6S. The molecule has 41 heavy (non-hydrogen) atoms. The monoisotopic (exact) mass is 574 g/mol. The standard InChI is InChI=1S/C28H26N6O6S/c1-16-11-24(40-33-16)25(26(29)35)17-7-6-8-21(12-17)41(36,37)34-28-27(31-22-9-4-5-10-23(22)32-28)30-18-13-19(38-2)15-20(14-18)39-3/h4-15,25H,1-3H3,(H2,29,35)(H,30,31)(H,32,34). The van der Waals surface area contributed by atoms with E-state index in [4.69, 9.17) is 19.7 Å². The van der Waals surface area contributed by atoms with Crippen molar-refractivity contribution in [3.05, 3.63) is 89.8 Å². The summed E-state index contributed by atoms with van der Waals surface area (Å²) in [6.45, 7) is 1.70. The third-order valence-electron chi connectivity index (χ3n) is 6.13. The first kappa shape index (κ1) is 27.4. The van der Waals surface area contributed by atoms with Gasteiger partial charge >= 0.3 is 0 Å². The number of sulfonamides is 1. The summed E-state index contributed by atoms with van der Waals surface area (Å²) in [5, 5.41) is 6.93. The highest BCUT2D eigenvalue weighted by molar-refractivity contribution is 7.92. The maximum absolute atomic E-state index is 13.6. The number of carbonyl (C=O) groups is 1. The van der Waals surface area contributed by atoms with Gasteiger partial charge in [0, 0.05) is 30.0 Å².